The van der Waals surface area contributed by atoms with Crippen LogP contribution in [0.25, 0.3) is 0 Å². The van der Waals surface area contributed by atoms with Crippen molar-refractivity contribution in [3.8, 4) is 0 Å². The minimum absolute atomic E-state index is 0.0691. The fraction of sp³-hybridized carbons (Fsp3) is 0.321. The van der Waals surface area contributed by atoms with Gasteiger partial charge in [-0.1, -0.05) is 18.2 Å². The number of halogens is 1. The summed E-state index contributed by atoms with van der Waals surface area (Å²) in [5, 5.41) is 14.3. The average molecular weight is 506 g/mol. The van der Waals surface area contributed by atoms with Gasteiger partial charge in [0.05, 0.1) is 11.0 Å². The molecule has 0 spiro atoms. The van der Waals surface area contributed by atoms with E-state index in [1.807, 2.05) is 19.0 Å². The second kappa shape index (κ2) is 11.4. The van der Waals surface area contributed by atoms with E-state index in [9.17, 15) is 19.3 Å². The van der Waals surface area contributed by atoms with Gasteiger partial charge in [0, 0.05) is 75.4 Å². The number of nitro groups is 1. The zero-order valence-corrected chi connectivity index (χ0v) is 21.4. The zero-order chi connectivity index (χ0) is 26.5. The number of carbonyl (C=O) groups excluding carboxylic acids is 1. The van der Waals surface area contributed by atoms with Crippen molar-refractivity contribution in [2.24, 2.45) is 0 Å². The summed E-state index contributed by atoms with van der Waals surface area (Å²) in [5.41, 5.74) is 3.86. The van der Waals surface area contributed by atoms with Crippen molar-refractivity contribution in [3.63, 3.8) is 0 Å². The number of nitrogens with one attached hydrogen (secondary N) is 1. The molecular weight excluding hydrogens is 473 g/mol. The standard InChI is InChI=1S/C28H32FN5O3/c1-20-4-5-22(18-26(20)34(36)37)28(35)30-19-27(21-6-10-24(11-7-21)31(2)3)33-16-14-32(15-17-33)25-12-8-23(29)9-13-25/h4-13,18,27H,14-17,19H2,1-3H3,(H,30,35). The number of piperazine rings is 1. The Morgan fingerprint density at radius 1 is 1.03 bits per heavy atom. The molecule has 1 N–H and O–H groups in total. The van der Waals surface area contributed by atoms with Gasteiger partial charge in [-0.3, -0.25) is 19.8 Å². The number of carbonyl (C=O) groups is 1. The second-order valence-electron chi connectivity index (χ2n) is 9.47. The summed E-state index contributed by atoms with van der Waals surface area (Å²) in [6.07, 6.45) is 0. The van der Waals surface area contributed by atoms with Crippen LogP contribution in [-0.4, -0.2) is 62.5 Å². The SMILES string of the molecule is Cc1ccc(C(=O)NCC(c2ccc(N(C)C)cc2)N2CCN(c3ccc(F)cc3)CC2)cc1[N+](=O)[O-]. The largest absolute Gasteiger partial charge is 0.378 e. The summed E-state index contributed by atoms with van der Waals surface area (Å²) in [6, 6.07) is 19.3. The summed E-state index contributed by atoms with van der Waals surface area (Å²) in [7, 11) is 3.98. The minimum Gasteiger partial charge on any atom is -0.378 e. The Kier molecular flexibility index (Phi) is 8.03. The Bertz CT molecular complexity index is 1240. The van der Waals surface area contributed by atoms with Gasteiger partial charge in [0.25, 0.3) is 11.6 Å². The highest BCUT2D eigenvalue weighted by Gasteiger charge is 2.26. The molecule has 8 nitrogen and oxygen atoms in total. The maximum absolute atomic E-state index is 13.3. The molecule has 9 heteroatoms. The molecule has 1 saturated heterocycles. The monoisotopic (exact) mass is 505 g/mol. The van der Waals surface area contributed by atoms with Crippen LogP contribution in [0.5, 0.6) is 0 Å². The molecule has 1 amide bonds. The summed E-state index contributed by atoms with van der Waals surface area (Å²) in [5.74, 6) is -0.596. The van der Waals surface area contributed by atoms with Crippen LogP contribution in [0.1, 0.15) is 27.5 Å². The van der Waals surface area contributed by atoms with Crippen LogP contribution < -0.4 is 15.1 Å². The van der Waals surface area contributed by atoms with Crippen molar-refractivity contribution in [1.82, 2.24) is 10.2 Å². The molecule has 194 valence electrons. The number of aryl methyl sites for hydroxylation is 1. The van der Waals surface area contributed by atoms with Crippen molar-refractivity contribution < 1.29 is 14.1 Å². The summed E-state index contributed by atoms with van der Waals surface area (Å²) in [6.45, 7) is 5.09. The number of hydrogen-bond acceptors (Lipinski definition) is 6. The molecule has 0 aromatic heterocycles. The van der Waals surface area contributed by atoms with Gasteiger partial charge in [0.1, 0.15) is 5.82 Å². The molecule has 0 aliphatic carbocycles. The van der Waals surface area contributed by atoms with Crippen molar-refractivity contribution >= 4 is 23.0 Å². The number of anilines is 2. The highest BCUT2D eigenvalue weighted by atomic mass is 19.1. The molecule has 1 aliphatic rings. The number of rotatable bonds is 8. The van der Waals surface area contributed by atoms with E-state index < -0.39 is 4.92 Å². The van der Waals surface area contributed by atoms with Gasteiger partial charge in [0.2, 0.25) is 0 Å². The third-order valence-electron chi connectivity index (χ3n) is 6.87. The van der Waals surface area contributed by atoms with E-state index in [4.69, 9.17) is 0 Å². The lowest BCUT2D eigenvalue weighted by atomic mass is 10.0. The maximum Gasteiger partial charge on any atom is 0.273 e. The number of nitrogens with zero attached hydrogens (tertiary/aromatic N) is 4. The van der Waals surface area contributed by atoms with E-state index in [1.165, 1.54) is 18.2 Å². The molecule has 1 aliphatic heterocycles. The second-order valence-corrected chi connectivity index (χ2v) is 9.47. The van der Waals surface area contributed by atoms with Crippen LogP contribution in [0, 0.1) is 22.9 Å². The molecule has 3 aromatic rings. The molecule has 0 saturated carbocycles. The Balaban J connectivity index is 1.50. The molecule has 1 unspecified atom stereocenters. The molecule has 37 heavy (non-hydrogen) atoms. The summed E-state index contributed by atoms with van der Waals surface area (Å²) in [4.78, 5) is 30.4. The predicted octanol–water partition coefficient (Wildman–Crippen LogP) is 4.40. The van der Waals surface area contributed by atoms with Crippen molar-refractivity contribution in [2.75, 3.05) is 56.6 Å². The first kappa shape index (κ1) is 26.1. The molecule has 1 heterocycles. The quantitative estimate of drug-likeness (QED) is 0.361. The number of hydrogen-bond donors (Lipinski definition) is 1. The van der Waals surface area contributed by atoms with E-state index in [0.29, 0.717) is 12.1 Å². The summed E-state index contributed by atoms with van der Waals surface area (Å²) < 4.78 is 13.3. The van der Waals surface area contributed by atoms with E-state index >= 15 is 0 Å². The lowest BCUT2D eigenvalue weighted by molar-refractivity contribution is -0.385. The Hall–Kier alpha value is -3.98. The molecule has 4 rings (SSSR count). The third kappa shape index (κ3) is 6.24. The predicted molar refractivity (Wildman–Crippen MR) is 144 cm³/mol. The van der Waals surface area contributed by atoms with Crippen molar-refractivity contribution in [1.29, 1.82) is 0 Å². The Morgan fingerprint density at radius 3 is 2.27 bits per heavy atom. The fourth-order valence-corrected chi connectivity index (χ4v) is 4.63. The molecule has 0 radical (unpaired) electrons. The Morgan fingerprint density at radius 2 is 1.68 bits per heavy atom. The van der Waals surface area contributed by atoms with E-state index in [0.717, 1.165) is 43.1 Å². The Labute approximate surface area is 216 Å². The van der Waals surface area contributed by atoms with Crippen molar-refractivity contribution in [3.05, 3.63) is 99.4 Å². The summed E-state index contributed by atoms with van der Waals surface area (Å²) >= 11 is 0. The van der Waals surface area contributed by atoms with Crippen LogP contribution in [0.3, 0.4) is 0 Å². The normalized spacial score (nSPS) is 14.8. The lowest BCUT2D eigenvalue weighted by Crippen LogP contribution is -2.50. The van der Waals surface area contributed by atoms with Crippen LogP contribution in [-0.2, 0) is 0 Å². The first-order valence-corrected chi connectivity index (χ1v) is 12.3. The van der Waals surface area contributed by atoms with Gasteiger partial charge < -0.3 is 15.1 Å². The van der Waals surface area contributed by atoms with Gasteiger partial charge >= 0.3 is 0 Å². The lowest BCUT2D eigenvalue weighted by Gasteiger charge is -2.40. The fourth-order valence-electron chi connectivity index (χ4n) is 4.63. The van der Waals surface area contributed by atoms with Crippen molar-refractivity contribution in [2.45, 2.75) is 13.0 Å². The minimum atomic E-state index is -0.470. The van der Waals surface area contributed by atoms with Gasteiger partial charge in [-0.15, -0.1) is 0 Å². The zero-order valence-electron chi connectivity index (χ0n) is 21.4. The highest BCUT2D eigenvalue weighted by molar-refractivity contribution is 5.95. The number of amides is 1. The third-order valence-corrected chi connectivity index (χ3v) is 6.87. The molecule has 0 bridgehead atoms. The number of nitro benzene ring substituents is 1. The van der Waals surface area contributed by atoms with Gasteiger partial charge in [0.15, 0.2) is 0 Å². The van der Waals surface area contributed by atoms with E-state index in [2.05, 4.69) is 39.4 Å². The van der Waals surface area contributed by atoms with Crippen LogP contribution in [0.2, 0.25) is 0 Å². The molecule has 1 fully saturated rings. The average Bonchev–Trinajstić information content (AvgIpc) is 2.90. The molecular formula is C28H32FN5O3. The molecule has 1 atom stereocenters. The van der Waals surface area contributed by atoms with E-state index in [-0.39, 0.29) is 29.0 Å². The topological polar surface area (TPSA) is 82.0 Å². The van der Waals surface area contributed by atoms with Crippen LogP contribution in [0.4, 0.5) is 21.5 Å². The molecule has 3 aromatic carbocycles. The van der Waals surface area contributed by atoms with Crippen LogP contribution >= 0.6 is 0 Å². The van der Waals surface area contributed by atoms with Gasteiger partial charge in [-0.05, 0) is 55.0 Å². The number of benzene rings is 3. The highest BCUT2D eigenvalue weighted by Crippen LogP contribution is 2.26. The van der Waals surface area contributed by atoms with Gasteiger partial charge in [-0.25, -0.2) is 4.39 Å². The first-order chi connectivity index (χ1) is 17.7. The van der Waals surface area contributed by atoms with Crippen LogP contribution in [0.15, 0.2) is 66.7 Å². The van der Waals surface area contributed by atoms with E-state index in [1.54, 1.807) is 31.2 Å². The van der Waals surface area contributed by atoms with Gasteiger partial charge in [-0.2, -0.15) is 0 Å². The smallest absolute Gasteiger partial charge is 0.273 e. The maximum atomic E-state index is 13.3. The first-order valence-electron chi connectivity index (χ1n) is 12.3.